The molecule has 1 aromatic rings. The van der Waals surface area contributed by atoms with E-state index >= 15 is 0 Å². The van der Waals surface area contributed by atoms with E-state index in [4.69, 9.17) is 4.74 Å². The molecule has 0 fully saturated rings. The molecule has 4 nitrogen and oxygen atoms in total. The van der Waals surface area contributed by atoms with Crippen LogP contribution in [0.25, 0.3) is 0 Å². The fourth-order valence-electron chi connectivity index (χ4n) is 1.79. The third-order valence-electron chi connectivity index (χ3n) is 2.89. The predicted octanol–water partition coefficient (Wildman–Crippen LogP) is 2.65. The SMILES string of the molecule is CCNC(=NCCCOC)NCC#Cc1cccc(C(F)(F)F)c1. The van der Waals surface area contributed by atoms with Crippen molar-refractivity contribution in [2.75, 3.05) is 33.4 Å². The van der Waals surface area contributed by atoms with Gasteiger partial charge in [-0.1, -0.05) is 17.9 Å². The topological polar surface area (TPSA) is 45.7 Å². The first-order valence-electron chi connectivity index (χ1n) is 7.64. The molecule has 0 amide bonds. The summed E-state index contributed by atoms with van der Waals surface area (Å²) >= 11 is 0. The van der Waals surface area contributed by atoms with Crippen molar-refractivity contribution in [3.05, 3.63) is 35.4 Å². The Morgan fingerprint density at radius 2 is 2.08 bits per heavy atom. The molecule has 1 aromatic carbocycles. The Morgan fingerprint density at radius 1 is 1.29 bits per heavy atom. The summed E-state index contributed by atoms with van der Waals surface area (Å²) in [5.41, 5.74) is -0.371. The molecule has 0 atom stereocenters. The molecule has 0 aliphatic heterocycles. The smallest absolute Gasteiger partial charge is 0.385 e. The van der Waals surface area contributed by atoms with Crippen LogP contribution in [0.5, 0.6) is 0 Å². The van der Waals surface area contributed by atoms with Crippen LogP contribution in [0.4, 0.5) is 13.2 Å². The van der Waals surface area contributed by atoms with Gasteiger partial charge in [-0.15, -0.1) is 0 Å². The van der Waals surface area contributed by atoms with Crippen LogP contribution < -0.4 is 10.6 Å². The number of hydrogen-bond donors (Lipinski definition) is 2. The monoisotopic (exact) mass is 341 g/mol. The molecule has 0 saturated carbocycles. The number of guanidine groups is 1. The van der Waals surface area contributed by atoms with Crippen LogP contribution in [-0.2, 0) is 10.9 Å². The highest BCUT2D eigenvalue weighted by Crippen LogP contribution is 2.29. The van der Waals surface area contributed by atoms with Gasteiger partial charge in [0.1, 0.15) is 0 Å². The summed E-state index contributed by atoms with van der Waals surface area (Å²) in [5, 5.41) is 6.08. The van der Waals surface area contributed by atoms with Crippen molar-refractivity contribution < 1.29 is 17.9 Å². The van der Waals surface area contributed by atoms with E-state index in [1.165, 1.54) is 6.07 Å². The van der Waals surface area contributed by atoms with Crippen molar-refractivity contribution in [2.45, 2.75) is 19.5 Å². The van der Waals surface area contributed by atoms with Gasteiger partial charge in [0, 0.05) is 32.4 Å². The van der Waals surface area contributed by atoms with Crippen LogP contribution in [0.15, 0.2) is 29.3 Å². The maximum absolute atomic E-state index is 12.6. The average molecular weight is 341 g/mol. The average Bonchev–Trinajstić information content (AvgIpc) is 2.55. The lowest BCUT2D eigenvalue weighted by molar-refractivity contribution is -0.137. The Hall–Kier alpha value is -2.20. The van der Waals surface area contributed by atoms with E-state index in [-0.39, 0.29) is 6.54 Å². The molecule has 0 aliphatic rings. The number of hydrogen-bond acceptors (Lipinski definition) is 2. The lowest BCUT2D eigenvalue weighted by Crippen LogP contribution is -2.37. The number of rotatable bonds is 6. The van der Waals surface area contributed by atoms with Gasteiger partial charge in [0.15, 0.2) is 5.96 Å². The second-order valence-corrected chi connectivity index (χ2v) is 4.84. The van der Waals surface area contributed by atoms with Crippen LogP contribution in [0.2, 0.25) is 0 Å². The molecule has 0 heterocycles. The fourth-order valence-corrected chi connectivity index (χ4v) is 1.79. The molecule has 0 saturated heterocycles. The van der Waals surface area contributed by atoms with Crippen molar-refractivity contribution in [1.29, 1.82) is 0 Å². The van der Waals surface area contributed by atoms with Crippen molar-refractivity contribution in [2.24, 2.45) is 4.99 Å². The number of halogens is 3. The third kappa shape index (κ3) is 7.88. The molecule has 24 heavy (non-hydrogen) atoms. The van der Waals surface area contributed by atoms with Crippen molar-refractivity contribution in [3.63, 3.8) is 0 Å². The van der Waals surface area contributed by atoms with E-state index < -0.39 is 11.7 Å². The summed E-state index contributed by atoms with van der Waals surface area (Å²) < 4.78 is 42.8. The molecule has 0 spiro atoms. The summed E-state index contributed by atoms with van der Waals surface area (Å²) in [4.78, 5) is 4.34. The zero-order chi connectivity index (χ0) is 17.8. The highest BCUT2D eigenvalue weighted by Gasteiger charge is 2.30. The Labute approximate surface area is 140 Å². The first-order chi connectivity index (χ1) is 11.5. The molecule has 1 rings (SSSR count). The number of aliphatic imine (C=N–C) groups is 1. The van der Waals surface area contributed by atoms with Crippen LogP contribution in [0.1, 0.15) is 24.5 Å². The van der Waals surface area contributed by atoms with Crippen molar-refractivity contribution in [3.8, 4) is 11.8 Å². The zero-order valence-electron chi connectivity index (χ0n) is 13.8. The van der Waals surface area contributed by atoms with Crippen molar-refractivity contribution in [1.82, 2.24) is 10.6 Å². The molecule has 0 bridgehead atoms. The quantitative estimate of drug-likeness (QED) is 0.362. The number of ether oxygens (including phenoxy) is 1. The minimum Gasteiger partial charge on any atom is -0.385 e. The Balaban J connectivity index is 2.57. The first-order valence-corrected chi connectivity index (χ1v) is 7.64. The van der Waals surface area contributed by atoms with Gasteiger partial charge in [-0.3, -0.25) is 4.99 Å². The standard InChI is InChI=1S/C17H22F3N3O/c1-3-21-16(23-11-6-12-24-2)22-10-5-8-14-7-4-9-15(13-14)17(18,19)20/h4,7,9,13H,3,6,10-12H2,1-2H3,(H2,21,22,23). The maximum atomic E-state index is 12.6. The highest BCUT2D eigenvalue weighted by atomic mass is 19.4. The molecule has 2 N–H and O–H groups in total. The fraction of sp³-hybridized carbons (Fsp3) is 0.471. The largest absolute Gasteiger partial charge is 0.416 e. The molecule has 0 unspecified atom stereocenters. The van der Waals surface area contributed by atoms with Crippen LogP contribution in [-0.4, -0.2) is 39.3 Å². The second kappa shape index (κ2) is 10.6. The van der Waals surface area contributed by atoms with Gasteiger partial charge in [0.2, 0.25) is 0 Å². The highest BCUT2D eigenvalue weighted by molar-refractivity contribution is 5.80. The molecule has 7 heteroatoms. The van der Waals surface area contributed by atoms with Gasteiger partial charge >= 0.3 is 6.18 Å². The van der Waals surface area contributed by atoms with Crippen molar-refractivity contribution >= 4 is 5.96 Å². The summed E-state index contributed by atoms with van der Waals surface area (Å²) in [6.45, 7) is 4.19. The van der Waals surface area contributed by atoms with Crippen LogP contribution in [0.3, 0.4) is 0 Å². The summed E-state index contributed by atoms with van der Waals surface area (Å²) in [6.07, 6.45) is -3.55. The lowest BCUT2D eigenvalue weighted by atomic mass is 10.1. The molecule has 0 aliphatic carbocycles. The Bertz CT molecular complexity index is 589. The molecule has 0 aromatic heterocycles. The molecule has 132 valence electrons. The minimum absolute atomic E-state index is 0.284. The van der Waals surface area contributed by atoms with Crippen LogP contribution >= 0.6 is 0 Å². The van der Waals surface area contributed by atoms with E-state index in [1.54, 1.807) is 13.2 Å². The number of nitrogens with zero attached hydrogens (tertiary/aromatic N) is 1. The van der Waals surface area contributed by atoms with Gasteiger partial charge in [-0.25, -0.2) is 0 Å². The molecular weight excluding hydrogens is 319 g/mol. The van der Waals surface area contributed by atoms with Crippen LogP contribution in [0, 0.1) is 11.8 Å². The molecule has 0 radical (unpaired) electrons. The zero-order valence-corrected chi connectivity index (χ0v) is 13.8. The normalized spacial score (nSPS) is 11.6. The Morgan fingerprint density at radius 3 is 2.75 bits per heavy atom. The van der Waals surface area contributed by atoms with Gasteiger partial charge in [0.05, 0.1) is 12.1 Å². The summed E-state index contributed by atoms with van der Waals surface area (Å²) in [6, 6.07) is 4.96. The van der Waals surface area contributed by atoms with E-state index in [2.05, 4.69) is 27.5 Å². The Kier molecular flexibility index (Phi) is 8.72. The van der Waals surface area contributed by atoms with Gasteiger partial charge < -0.3 is 15.4 Å². The van der Waals surface area contributed by atoms with E-state index in [9.17, 15) is 13.2 Å². The van der Waals surface area contributed by atoms with E-state index in [0.717, 1.165) is 18.6 Å². The third-order valence-corrected chi connectivity index (χ3v) is 2.89. The van der Waals surface area contributed by atoms with Gasteiger partial charge in [-0.05, 0) is 31.5 Å². The van der Waals surface area contributed by atoms with Gasteiger partial charge in [-0.2, -0.15) is 13.2 Å². The number of nitrogens with one attached hydrogen (secondary N) is 2. The molecular formula is C17H22F3N3O. The second-order valence-electron chi connectivity index (χ2n) is 4.84. The number of alkyl halides is 3. The van der Waals surface area contributed by atoms with E-state index in [1.807, 2.05) is 6.92 Å². The summed E-state index contributed by atoms with van der Waals surface area (Å²) in [7, 11) is 1.64. The minimum atomic E-state index is -4.36. The number of benzene rings is 1. The first kappa shape index (κ1) is 19.8. The summed E-state index contributed by atoms with van der Waals surface area (Å²) in [5.74, 6) is 6.13. The predicted molar refractivity (Wildman–Crippen MR) is 88.8 cm³/mol. The lowest BCUT2D eigenvalue weighted by Gasteiger charge is -2.08. The van der Waals surface area contributed by atoms with E-state index in [0.29, 0.717) is 31.2 Å². The van der Waals surface area contributed by atoms with Gasteiger partial charge in [0.25, 0.3) is 0 Å². The number of methoxy groups -OCH3 is 1. The maximum Gasteiger partial charge on any atom is 0.416 e.